The number of rotatable bonds is 10. The standard InChI is InChI=1S/C12H24O5/c1-2-3-4-5-11(16)17-7-6-12(8-13,9-14)10-15/h13-15H,2-10H2,1H3. The van der Waals surface area contributed by atoms with Gasteiger partial charge in [0.15, 0.2) is 0 Å². The number of hydrogen-bond donors (Lipinski definition) is 3. The molecule has 0 aliphatic heterocycles. The Morgan fingerprint density at radius 2 is 1.71 bits per heavy atom. The van der Waals surface area contributed by atoms with Crippen molar-refractivity contribution in [3.05, 3.63) is 0 Å². The van der Waals surface area contributed by atoms with Gasteiger partial charge < -0.3 is 20.1 Å². The van der Waals surface area contributed by atoms with E-state index < -0.39 is 5.41 Å². The number of ether oxygens (including phenoxy) is 1. The Morgan fingerprint density at radius 1 is 1.12 bits per heavy atom. The van der Waals surface area contributed by atoms with E-state index in [2.05, 4.69) is 6.92 Å². The molecule has 3 N–H and O–H groups in total. The molecule has 0 radical (unpaired) electrons. The molecule has 0 aliphatic carbocycles. The first kappa shape index (κ1) is 16.4. The van der Waals surface area contributed by atoms with Crippen LogP contribution >= 0.6 is 0 Å². The van der Waals surface area contributed by atoms with Crippen LogP contribution in [-0.2, 0) is 9.53 Å². The van der Waals surface area contributed by atoms with Gasteiger partial charge in [0.25, 0.3) is 0 Å². The third-order valence-corrected chi connectivity index (χ3v) is 2.89. The first-order valence-electron chi connectivity index (χ1n) is 6.12. The summed E-state index contributed by atoms with van der Waals surface area (Å²) >= 11 is 0. The summed E-state index contributed by atoms with van der Waals surface area (Å²) < 4.78 is 4.98. The topological polar surface area (TPSA) is 87.0 Å². The summed E-state index contributed by atoms with van der Waals surface area (Å²) in [4.78, 5) is 11.3. The fraction of sp³-hybridized carbons (Fsp3) is 0.917. The van der Waals surface area contributed by atoms with Gasteiger partial charge in [0.05, 0.1) is 26.4 Å². The minimum atomic E-state index is -0.955. The molecule has 0 atom stereocenters. The Bertz CT molecular complexity index is 193. The fourth-order valence-electron chi connectivity index (χ4n) is 1.36. The van der Waals surface area contributed by atoms with E-state index in [0.717, 1.165) is 19.3 Å². The second kappa shape index (κ2) is 9.39. The van der Waals surface area contributed by atoms with Crippen LogP contribution in [0.15, 0.2) is 0 Å². The second-order valence-corrected chi connectivity index (χ2v) is 4.40. The van der Waals surface area contributed by atoms with Gasteiger partial charge in [-0.1, -0.05) is 19.8 Å². The minimum absolute atomic E-state index is 0.118. The fourth-order valence-corrected chi connectivity index (χ4v) is 1.36. The maximum atomic E-state index is 11.3. The van der Waals surface area contributed by atoms with Gasteiger partial charge in [0.2, 0.25) is 0 Å². The Labute approximate surface area is 102 Å². The lowest BCUT2D eigenvalue weighted by Crippen LogP contribution is -2.35. The lowest BCUT2D eigenvalue weighted by atomic mass is 9.88. The first-order valence-corrected chi connectivity index (χ1v) is 6.12. The van der Waals surface area contributed by atoms with E-state index in [1.807, 2.05) is 0 Å². The highest BCUT2D eigenvalue weighted by Crippen LogP contribution is 2.19. The van der Waals surface area contributed by atoms with Crippen molar-refractivity contribution in [3.8, 4) is 0 Å². The average molecular weight is 248 g/mol. The predicted octanol–water partition coefficient (Wildman–Crippen LogP) is 0.463. The van der Waals surface area contributed by atoms with E-state index in [0.29, 0.717) is 6.42 Å². The summed E-state index contributed by atoms with van der Waals surface area (Å²) in [6.07, 6.45) is 3.54. The van der Waals surface area contributed by atoms with Crippen molar-refractivity contribution in [1.82, 2.24) is 0 Å². The number of carbonyl (C=O) groups is 1. The molecule has 0 bridgehead atoms. The zero-order valence-electron chi connectivity index (χ0n) is 10.5. The number of aliphatic hydroxyl groups excluding tert-OH is 3. The lowest BCUT2D eigenvalue weighted by molar-refractivity contribution is -0.145. The van der Waals surface area contributed by atoms with Crippen molar-refractivity contribution in [3.63, 3.8) is 0 Å². The van der Waals surface area contributed by atoms with Gasteiger partial charge in [-0.15, -0.1) is 0 Å². The van der Waals surface area contributed by atoms with Crippen molar-refractivity contribution < 1.29 is 24.9 Å². The van der Waals surface area contributed by atoms with Crippen LogP contribution in [0.1, 0.15) is 39.0 Å². The van der Waals surface area contributed by atoms with Crippen molar-refractivity contribution in [1.29, 1.82) is 0 Å². The quantitative estimate of drug-likeness (QED) is 0.386. The molecule has 102 valence electrons. The normalized spacial score (nSPS) is 11.5. The molecule has 0 aromatic carbocycles. The highest BCUT2D eigenvalue weighted by molar-refractivity contribution is 5.69. The third kappa shape index (κ3) is 6.61. The van der Waals surface area contributed by atoms with Crippen LogP contribution < -0.4 is 0 Å². The molecule has 0 aromatic rings. The predicted molar refractivity (Wildman–Crippen MR) is 63.4 cm³/mol. The van der Waals surface area contributed by atoms with Crippen LogP contribution in [0.5, 0.6) is 0 Å². The van der Waals surface area contributed by atoms with Crippen molar-refractivity contribution in [2.24, 2.45) is 5.41 Å². The molecule has 0 fully saturated rings. The molecule has 0 heterocycles. The van der Waals surface area contributed by atoms with Gasteiger partial charge in [-0.25, -0.2) is 0 Å². The van der Waals surface area contributed by atoms with Gasteiger partial charge in [0.1, 0.15) is 0 Å². The molecule has 0 spiro atoms. The Kier molecular flexibility index (Phi) is 9.03. The lowest BCUT2D eigenvalue weighted by Gasteiger charge is -2.26. The van der Waals surface area contributed by atoms with Crippen LogP contribution in [0.2, 0.25) is 0 Å². The van der Waals surface area contributed by atoms with Gasteiger partial charge in [-0.05, 0) is 12.8 Å². The van der Waals surface area contributed by atoms with E-state index in [9.17, 15) is 4.79 Å². The van der Waals surface area contributed by atoms with Crippen LogP contribution in [0.25, 0.3) is 0 Å². The molecule has 5 heteroatoms. The number of unbranched alkanes of at least 4 members (excludes halogenated alkanes) is 2. The Hall–Kier alpha value is -0.650. The number of hydrogen-bond acceptors (Lipinski definition) is 5. The maximum absolute atomic E-state index is 11.3. The summed E-state index contributed by atoms with van der Waals surface area (Å²) in [5.41, 5.74) is -0.955. The van der Waals surface area contributed by atoms with Crippen LogP contribution in [0.4, 0.5) is 0 Å². The van der Waals surface area contributed by atoms with E-state index >= 15 is 0 Å². The number of carbonyl (C=O) groups excluding carboxylic acids is 1. The molecule has 0 rings (SSSR count). The monoisotopic (exact) mass is 248 g/mol. The summed E-state index contributed by atoms with van der Waals surface area (Å²) in [6, 6.07) is 0. The summed E-state index contributed by atoms with van der Waals surface area (Å²) in [6.45, 7) is 1.20. The molecule has 0 aromatic heterocycles. The molecule has 17 heavy (non-hydrogen) atoms. The van der Waals surface area contributed by atoms with Crippen molar-refractivity contribution in [2.45, 2.75) is 39.0 Å². The van der Waals surface area contributed by atoms with Crippen LogP contribution in [0, 0.1) is 5.41 Å². The van der Waals surface area contributed by atoms with Crippen LogP contribution in [0.3, 0.4) is 0 Å². The van der Waals surface area contributed by atoms with E-state index in [-0.39, 0.29) is 38.8 Å². The average Bonchev–Trinajstić information content (AvgIpc) is 2.36. The van der Waals surface area contributed by atoms with Crippen LogP contribution in [-0.4, -0.2) is 47.7 Å². The Balaban J connectivity index is 3.77. The summed E-state index contributed by atoms with van der Waals surface area (Å²) in [7, 11) is 0. The SMILES string of the molecule is CCCCCC(=O)OCCC(CO)(CO)CO. The molecule has 0 unspecified atom stereocenters. The molecular weight excluding hydrogens is 224 g/mol. The second-order valence-electron chi connectivity index (χ2n) is 4.40. The van der Waals surface area contributed by atoms with E-state index in [1.165, 1.54) is 0 Å². The number of esters is 1. The largest absolute Gasteiger partial charge is 0.466 e. The Morgan fingerprint density at radius 3 is 2.18 bits per heavy atom. The molecule has 0 amide bonds. The summed E-state index contributed by atoms with van der Waals surface area (Å²) in [5, 5.41) is 27.2. The zero-order valence-corrected chi connectivity index (χ0v) is 10.5. The number of aliphatic hydroxyl groups is 3. The third-order valence-electron chi connectivity index (χ3n) is 2.89. The zero-order chi connectivity index (χ0) is 13.1. The van der Waals surface area contributed by atoms with Gasteiger partial charge in [-0.2, -0.15) is 0 Å². The summed E-state index contributed by atoms with van der Waals surface area (Å²) in [5.74, 6) is -0.263. The highest BCUT2D eigenvalue weighted by Gasteiger charge is 2.28. The highest BCUT2D eigenvalue weighted by atomic mass is 16.5. The smallest absolute Gasteiger partial charge is 0.305 e. The van der Waals surface area contributed by atoms with Gasteiger partial charge in [0, 0.05) is 11.8 Å². The first-order chi connectivity index (χ1) is 8.14. The minimum Gasteiger partial charge on any atom is -0.466 e. The van der Waals surface area contributed by atoms with Gasteiger partial charge >= 0.3 is 5.97 Å². The molecule has 0 saturated carbocycles. The molecular formula is C12H24O5. The van der Waals surface area contributed by atoms with E-state index in [1.54, 1.807) is 0 Å². The molecule has 5 nitrogen and oxygen atoms in total. The van der Waals surface area contributed by atoms with Crippen molar-refractivity contribution >= 4 is 5.97 Å². The van der Waals surface area contributed by atoms with E-state index in [4.69, 9.17) is 20.1 Å². The maximum Gasteiger partial charge on any atom is 0.305 e. The van der Waals surface area contributed by atoms with Gasteiger partial charge in [-0.3, -0.25) is 4.79 Å². The van der Waals surface area contributed by atoms with Crippen molar-refractivity contribution in [2.75, 3.05) is 26.4 Å². The molecule has 0 aliphatic rings. The molecule has 0 saturated heterocycles.